The molecule has 2 aromatic rings. The highest BCUT2D eigenvalue weighted by molar-refractivity contribution is 5.50. The van der Waals surface area contributed by atoms with Gasteiger partial charge in [-0.3, -0.25) is 0 Å². The molecular formula is C28H32O3. The van der Waals surface area contributed by atoms with Gasteiger partial charge in [0.1, 0.15) is 5.75 Å². The van der Waals surface area contributed by atoms with Crippen molar-refractivity contribution in [2.45, 2.75) is 57.3 Å². The van der Waals surface area contributed by atoms with Crippen LogP contribution in [0.25, 0.3) is 0 Å². The van der Waals surface area contributed by atoms with Gasteiger partial charge in [-0.25, -0.2) is 0 Å². The summed E-state index contributed by atoms with van der Waals surface area (Å²) in [7, 11) is 1.63. The van der Waals surface area contributed by atoms with Crippen molar-refractivity contribution in [3.05, 3.63) is 65.2 Å². The molecule has 0 heterocycles. The maximum absolute atomic E-state index is 6.25. The lowest BCUT2D eigenvalue weighted by atomic mass is 9.48. The molecule has 3 heteroatoms. The fourth-order valence-corrected chi connectivity index (χ4v) is 6.62. The Hall–Kier alpha value is -2.28. The van der Waals surface area contributed by atoms with Crippen molar-refractivity contribution in [3.63, 3.8) is 0 Å². The van der Waals surface area contributed by atoms with Crippen LogP contribution in [0.15, 0.2) is 48.5 Å². The van der Waals surface area contributed by atoms with Crippen molar-refractivity contribution in [2.75, 3.05) is 13.7 Å². The maximum Gasteiger partial charge on any atom is 0.315 e. The van der Waals surface area contributed by atoms with Gasteiger partial charge in [0.25, 0.3) is 0 Å². The first kappa shape index (κ1) is 20.6. The molecule has 0 saturated heterocycles. The van der Waals surface area contributed by atoms with Gasteiger partial charge in [0.15, 0.2) is 0 Å². The Balaban J connectivity index is 1.52. The number of rotatable bonds is 6. The van der Waals surface area contributed by atoms with Crippen LogP contribution in [0.5, 0.6) is 5.75 Å². The Morgan fingerprint density at radius 3 is 2.16 bits per heavy atom. The van der Waals surface area contributed by atoms with E-state index in [-0.39, 0.29) is 5.41 Å². The zero-order chi connectivity index (χ0) is 21.3. The molecule has 3 nitrogen and oxygen atoms in total. The lowest BCUT2D eigenvalue weighted by Crippen LogP contribution is -2.48. The van der Waals surface area contributed by atoms with Gasteiger partial charge >= 0.3 is 6.48 Å². The number of hydrogen-bond acceptors (Lipinski definition) is 3. The molecule has 0 N–H and O–H groups in total. The van der Waals surface area contributed by atoms with Gasteiger partial charge in [0.2, 0.25) is 0 Å². The van der Waals surface area contributed by atoms with Crippen LogP contribution in [-0.4, -0.2) is 20.2 Å². The average Bonchev–Trinajstić information content (AvgIpc) is 2.77. The van der Waals surface area contributed by atoms with E-state index in [0.717, 1.165) is 34.6 Å². The second kappa shape index (κ2) is 8.69. The maximum atomic E-state index is 6.25. The van der Waals surface area contributed by atoms with Crippen molar-refractivity contribution in [1.82, 2.24) is 0 Å². The third-order valence-electron chi connectivity index (χ3n) is 7.43. The molecule has 0 aromatic heterocycles. The second-order valence-electron chi connectivity index (χ2n) is 9.62. The van der Waals surface area contributed by atoms with Crippen LogP contribution >= 0.6 is 0 Å². The summed E-state index contributed by atoms with van der Waals surface area (Å²) in [5, 5.41) is 0. The van der Waals surface area contributed by atoms with E-state index >= 15 is 0 Å². The van der Waals surface area contributed by atoms with Crippen LogP contribution < -0.4 is 4.74 Å². The number of methoxy groups -OCH3 is 1. The van der Waals surface area contributed by atoms with Gasteiger partial charge in [-0.2, -0.15) is 0 Å². The summed E-state index contributed by atoms with van der Waals surface area (Å²) in [6.45, 7) is 1.82. The molecule has 4 saturated carbocycles. The SMILES string of the molecule is CCOC(OC)Oc1ccc(C#Cc2ccccc2)cc1C12CC3CC(CC(C3)C1)C2. The summed E-state index contributed by atoms with van der Waals surface area (Å²) in [6, 6.07) is 16.6. The Morgan fingerprint density at radius 2 is 1.55 bits per heavy atom. The molecule has 4 aliphatic carbocycles. The molecule has 31 heavy (non-hydrogen) atoms. The van der Waals surface area contributed by atoms with Gasteiger partial charge < -0.3 is 14.2 Å². The standard InChI is InChI=1S/C28H32O3/c1-3-30-27(29-2)31-26-12-11-21(10-9-20-7-5-4-6-8-20)16-25(26)28-17-22-13-23(18-28)15-24(14-22)19-28/h4-8,11-12,16,22-24,27H,3,13-15,17-19H2,1-2H3. The average molecular weight is 417 g/mol. The second-order valence-corrected chi connectivity index (χ2v) is 9.62. The van der Waals surface area contributed by atoms with E-state index in [0.29, 0.717) is 6.61 Å². The van der Waals surface area contributed by atoms with Crippen LogP contribution in [-0.2, 0) is 14.9 Å². The van der Waals surface area contributed by atoms with Crippen molar-refractivity contribution in [2.24, 2.45) is 17.8 Å². The molecule has 1 unspecified atom stereocenters. The molecule has 4 fully saturated rings. The highest BCUT2D eigenvalue weighted by atomic mass is 16.8. The van der Waals surface area contributed by atoms with Gasteiger partial charge in [-0.15, -0.1) is 0 Å². The van der Waals surface area contributed by atoms with E-state index in [1.165, 1.54) is 44.1 Å². The molecule has 6 rings (SSSR count). The first-order chi connectivity index (χ1) is 15.2. The minimum Gasteiger partial charge on any atom is -0.441 e. The van der Waals surface area contributed by atoms with Crippen molar-refractivity contribution >= 4 is 0 Å². The van der Waals surface area contributed by atoms with Gasteiger partial charge in [0, 0.05) is 23.8 Å². The zero-order valence-corrected chi connectivity index (χ0v) is 18.6. The van der Waals surface area contributed by atoms with Gasteiger partial charge in [-0.1, -0.05) is 30.0 Å². The molecule has 0 spiro atoms. The molecular weight excluding hydrogens is 384 g/mol. The first-order valence-electron chi connectivity index (χ1n) is 11.7. The lowest BCUT2D eigenvalue weighted by Gasteiger charge is -2.57. The Labute approximate surface area is 186 Å². The van der Waals surface area contributed by atoms with Gasteiger partial charge in [0.05, 0.1) is 6.61 Å². The molecule has 0 radical (unpaired) electrons. The summed E-state index contributed by atoms with van der Waals surface area (Å²) < 4.78 is 17.3. The van der Waals surface area contributed by atoms with E-state index in [9.17, 15) is 0 Å². The van der Waals surface area contributed by atoms with Crippen molar-refractivity contribution < 1.29 is 14.2 Å². The van der Waals surface area contributed by atoms with Crippen LogP contribution in [0.4, 0.5) is 0 Å². The number of benzene rings is 2. The Bertz CT molecular complexity index is 933. The minimum absolute atomic E-state index is 0.207. The molecule has 0 amide bonds. The van der Waals surface area contributed by atoms with Crippen LogP contribution in [0.3, 0.4) is 0 Å². The normalized spacial score (nSPS) is 29.3. The van der Waals surface area contributed by atoms with E-state index < -0.39 is 6.48 Å². The van der Waals surface area contributed by atoms with Gasteiger partial charge in [-0.05, 0) is 98.9 Å². The number of hydrogen-bond donors (Lipinski definition) is 0. The fourth-order valence-electron chi connectivity index (χ4n) is 6.62. The molecule has 1 atom stereocenters. The quantitative estimate of drug-likeness (QED) is 0.433. The fraction of sp³-hybridized carbons (Fsp3) is 0.500. The lowest BCUT2D eigenvalue weighted by molar-refractivity contribution is -0.231. The van der Waals surface area contributed by atoms with E-state index in [2.05, 4.69) is 42.2 Å². The van der Waals surface area contributed by atoms with E-state index in [1.807, 2.05) is 25.1 Å². The molecule has 4 aliphatic rings. The monoisotopic (exact) mass is 416 g/mol. The van der Waals surface area contributed by atoms with E-state index in [4.69, 9.17) is 14.2 Å². The predicted molar refractivity (Wildman–Crippen MR) is 122 cm³/mol. The highest BCUT2D eigenvalue weighted by Gasteiger charge is 2.52. The summed E-state index contributed by atoms with van der Waals surface area (Å²) in [5.74, 6) is 10.2. The summed E-state index contributed by atoms with van der Waals surface area (Å²) in [5.41, 5.74) is 3.61. The van der Waals surface area contributed by atoms with Crippen LogP contribution in [0.2, 0.25) is 0 Å². The Morgan fingerprint density at radius 1 is 0.903 bits per heavy atom. The highest BCUT2D eigenvalue weighted by Crippen LogP contribution is 2.62. The predicted octanol–water partition coefficient (Wildman–Crippen LogP) is 5.90. The van der Waals surface area contributed by atoms with Crippen LogP contribution in [0.1, 0.15) is 62.1 Å². The molecule has 0 aliphatic heterocycles. The summed E-state index contributed by atoms with van der Waals surface area (Å²) in [6.07, 6.45) is 8.08. The molecule has 162 valence electrons. The zero-order valence-electron chi connectivity index (χ0n) is 18.6. The van der Waals surface area contributed by atoms with E-state index in [1.54, 1.807) is 7.11 Å². The van der Waals surface area contributed by atoms with Crippen molar-refractivity contribution in [3.8, 4) is 17.6 Å². The third-order valence-corrected chi connectivity index (χ3v) is 7.43. The summed E-state index contributed by atoms with van der Waals surface area (Å²) in [4.78, 5) is 0. The minimum atomic E-state index is -0.682. The third kappa shape index (κ3) is 4.25. The summed E-state index contributed by atoms with van der Waals surface area (Å²) >= 11 is 0. The molecule has 2 aromatic carbocycles. The van der Waals surface area contributed by atoms with Crippen molar-refractivity contribution in [1.29, 1.82) is 0 Å². The largest absolute Gasteiger partial charge is 0.441 e. The topological polar surface area (TPSA) is 27.7 Å². The van der Waals surface area contributed by atoms with Crippen LogP contribution in [0, 0.1) is 29.6 Å². The Kier molecular flexibility index (Phi) is 5.78. The smallest absolute Gasteiger partial charge is 0.315 e. The number of ether oxygens (including phenoxy) is 3. The molecule has 4 bridgehead atoms. The first-order valence-corrected chi connectivity index (χ1v) is 11.7.